The Morgan fingerprint density at radius 2 is 2.18 bits per heavy atom. The third kappa shape index (κ3) is 2.66. The van der Waals surface area contributed by atoms with E-state index in [1.54, 1.807) is 0 Å². The maximum Gasteiger partial charge on any atom is 0.110 e. The summed E-state index contributed by atoms with van der Waals surface area (Å²) < 4.78 is 5.62. The second-order valence-corrected chi connectivity index (χ2v) is 5.61. The third-order valence-corrected chi connectivity index (χ3v) is 4.49. The fourth-order valence-electron chi connectivity index (χ4n) is 3.50. The van der Waals surface area contributed by atoms with Crippen LogP contribution in [0.25, 0.3) is 0 Å². The van der Waals surface area contributed by atoms with E-state index in [4.69, 9.17) is 4.74 Å². The molecule has 0 spiro atoms. The molecule has 0 bridgehead atoms. The lowest BCUT2D eigenvalue weighted by atomic mass is 9.99. The molecule has 0 saturated carbocycles. The van der Waals surface area contributed by atoms with Gasteiger partial charge in [0.05, 0.1) is 6.26 Å². The van der Waals surface area contributed by atoms with E-state index in [9.17, 15) is 0 Å². The van der Waals surface area contributed by atoms with Gasteiger partial charge in [0.2, 0.25) is 0 Å². The minimum Gasteiger partial charge on any atom is -0.497 e. The summed E-state index contributed by atoms with van der Waals surface area (Å²) in [6.45, 7) is 3.65. The Labute approximate surface area is 104 Å². The Morgan fingerprint density at radius 1 is 1.18 bits per heavy atom. The first-order chi connectivity index (χ1) is 8.43. The Morgan fingerprint density at radius 3 is 3.06 bits per heavy atom. The highest BCUT2D eigenvalue weighted by Gasteiger charge is 2.35. The summed E-state index contributed by atoms with van der Waals surface area (Å²) in [5, 5.41) is 3.75. The molecule has 96 valence electrons. The first-order valence-corrected chi connectivity index (χ1v) is 7.21. The van der Waals surface area contributed by atoms with Crippen molar-refractivity contribution < 1.29 is 4.74 Å². The largest absolute Gasteiger partial charge is 0.497 e. The number of hydrogen-bond acceptors (Lipinski definition) is 3. The number of hydrogen-bond donors (Lipinski definition) is 1. The van der Waals surface area contributed by atoms with Gasteiger partial charge in [0, 0.05) is 25.2 Å². The zero-order valence-corrected chi connectivity index (χ0v) is 10.6. The third-order valence-electron chi connectivity index (χ3n) is 4.49. The minimum atomic E-state index is 0.401. The van der Waals surface area contributed by atoms with Crippen LogP contribution in [0.1, 0.15) is 38.5 Å². The molecule has 3 rings (SSSR count). The fraction of sp³-hybridized carbons (Fsp3) is 0.857. The predicted octanol–water partition coefficient (Wildman–Crippen LogP) is 1.90. The van der Waals surface area contributed by atoms with Gasteiger partial charge in [0.1, 0.15) is 6.10 Å². The van der Waals surface area contributed by atoms with Gasteiger partial charge in [-0.1, -0.05) is 6.42 Å². The average Bonchev–Trinajstić information content (AvgIpc) is 2.81. The Bertz CT molecular complexity index is 279. The molecule has 17 heavy (non-hydrogen) atoms. The van der Waals surface area contributed by atoms with E-state index < -0.39 is 0 Å². The molecule has 3 heteroatoms. The lowest BCUT2D eigenvalue weighted by Gasteiger charge is -2.33. The second kappa shape index (κ2) is 5.40. The van der Waals surface area contributed by atoms with E-state index in [1.165, 1.54) is 51.6 Å². The van der Waals surface area contributed by atoms with E-state index in [0.717, 1.165) is 12.6 Å². The molecule has 0 aliphatic carbocycles. The zero-order chi connectivity index (χ0) is 11.5. The summed E-state index contributed by atoms with van der Waals surface area (Å²) in [5.74, 6) is 0. The van der Waals surface area contributed by atoms with Gasteiger partial charge in [-0.2, -0.15) is 0 Å². The minimum absolute atomic E-state index is 0.401. The molecule has 3 atom stereocenters. The highest BCUT2D eigenvalue weighted by Crippen LogP contribution is 2.27. The van der Waals surface area contributed by atoms with Crippen LogP contribution in [0.3, 0.4) is 0 Å². The van der Waals surface area contributed by atoms with Gasteiger partial charge in [-0.05, 0) is 44.7 Å². The van der Waals surface area contributed by atoms with Gasteiger partial charge in [0.15, 0.2) is 0 Å². The van der Waals surface area contributed by atoms with Crippen LogP contribution in [0.2, 0.25) is 0 Å². The molecule has 3 heterocycles. The molecule has 3 aliphatic rings. The van der Waals surface area contributed by atoms with Gasteiger partial charge in [0.25, 0.3) is 0 Å². The maximum atomic E-state index is 5.62. The predicted molar refractivity (Wildman–Crippen MR) is 68.9 cm³/mol. The van der Waals surface area contributed by atoms with Gasteiger partial charge in [-0.3, -0.25) is 4.90 Å². The topological polar surface area (TPSA) is 24.5 Å². The summed E-state index contributed by atoms with van der Waals surface area (Å²) in [4.78, 5) is 2.68. The summed E-state index contributed by atoms with van der Waals surface area (Å²) in [6, 6.07) is 1.52. The molecule has 0 aromatic rings. The van der Waals surface area contributed by atoms with Crippen molar-refractivity contribution >= 4 is 0 Å². The number of rotatable bonds is 3. The number of nitrogens with zero attached hydrogens (tertiary/aromatic N) is 1. The normalized spacial score (nSPS) is 37.8. The van der Waals surface area contributed by atoms with Crippen LogP contribution in [0.4, 0.5) is 0 Å². The van der Waals surface area contributed by atoms with Gasteiger partial charge < -0.3 is 10.1 Å². The summed E-state index contributed by atoms with van der Waals surface area (Å²) in [5.41, 5.74) is 0. The molecule has 0 amide bonds. The molecule has 2 saturated heterocycles. The van der Waals surface area contributed by atoms with Crippen LogP contribution >= 0.6 is 0 Å². The van der Waals surface area contributed by atoms with Gasteiger partial charge >= 0.3 is 0 Å². The van der Waals surface area contributed by atoms with E-state index in [-0.39, 0.29) is 0 Å². The van der Waals surface area contributed by atoms with Crippen molar-refractivity contribution in [3.05, 3.63) is 12.3 Å². The molecular weight excluding hydrogens is 212 g/mol. The molecule has 0 aromatic carbocycles. The molecular formula is C14H24N2O. The van der Waals surface area contributed by atoms with Gasteiger partial charge in [-0.15, -0.1) is 0 Å². The van der Waals surface area contributed by atoms with E-state index in [0.29, 0.717) is 12.1 Å². The molecule has 3 aliphatic heterocycles. The zero-order valence-electron chi connectivity index (χ0n) is 10.6. The van der Waals surface area contributed by atoms with Gasteiger partial charge in [-0.25, -0.2) is 0 Å². The van der Waals surface area contributed by atoms with Crippen LogP contribution in [-0.2, 0) is 4.74 Å². The van der Waals surface area contributed by atoms with Crippen LogP contribution in [-0.4, -0.2) is 42.7 Å². The van der Waals surface area contributed by atoms with E-state index >= 15 is 0 Å². The van der Waals surface area contributed by atoms with Crippen LogP contribution in [0, 0.1) is 0 Å². The molecule has 2 fully saturated rings. The fourth-order valence-corrected chi connectivity index (χ4v) is 3.50. The number of allylic oxidation sites excluding steroid dienone is 1. The molecule has 0 radical (unpaired) electrons. The quantitative estimate of drug-likeness (QED) is 0.810. The van der Waals surface area contributed by atoms with Crippen molar-refractivity contribution in [1.29, 1.82) is 0 Å². The standard InChI is InChI=1S/C14H24N2O/c1-3-8-16-9-7-13(14(16)6-1)15-11-12-5-2-4-10-17-12/h4,10,12-15H,1-3,5-9,11H2. The van der Waals surface area contributed by atoms with Crippen molar-refractivity contribution in [3.63, 3.8) is 0 Å². The Kier molecular flexibility index (Phi) is 3.67. The van der Waals surface area contributed by atoms with Crippen molar-refractivity contribution in [1.82, 2.24) is 10.2 Å². The second-order valence-electron chi connectivity index (χ2n) is 5.61. The molecule has 1 N–H and O–H groups in total. The molecule has 3 nitrogen and oxygen atoms in total. The summed E-state index contributed by atoms with van der Waals surface area (Å²) >= 11 is 0. The lowest BCUT2D eigenvalue weighted by molar-refractivity contribution is 0.113. The van der Waals surface area contributed by atoms with Crippen LogP contribution < -0.4 is 5.32 Å². The first-order valence-electron chi connectivity index (χ1n) is 7.21. The van der Waals surface area contributed by atoms with Crippen molar-refractivity contribution in [2.24, 2.45) is 0 Å². The van der Waals surface area contributed by atoms with E-state index in [1.807, 2.05) is 6.26 Å². The van der Waals surface area contributed by atoms with Crippen molar-refractivity contribution in [2.75, 3.05) is 19.6 Å². The summed E-state index contributed by atoms with van der Waals surface area (Å²) in [7, 11) is 0. The van der Waals surface area contributed by atoms with Crippen LogP contribution in [0.5, 0.6) is 0 Å². The SMILES string of the molecule is C1=COC(CNC2CCN3CCCCC23)CC1. The van der Waals surface area contributed by atoms with E-state index in [2.05, 4.69) is 16.3 Å². The maximum absolute atomic E-state index is 5.62. The first kappa shape index (κ1) is 11.5. The number of piperidine rings is 1. The summed E-state index contributed by atoms with van der Waals surface area (Å²) in [6.07, 6.45) is 12.3. The Balaban J connectivity index is 1.47. The number of fused-ring (bicyclic) bond motifs is 1. The molecule has 3 unspecified atom stereocenters. The van der Waals surface area contributed by atoms with Crippen molar-refractivity contribution in [2.45, 2.75) is 56.7 Å². The highest BCUT2D eigenvalue weighted by molar-refractivity contribution is 4.94. The van der Waals surface area contributed by atoms with Crippen LogP contribution in [0.15, 0.2) is 12.3 Å². The number of ether oxygens (including phenoxy) is 1. The monoisotopic (exact) mass is 236 g/mol. The number of nitrogens with one attached hydrogen (secondary N) is 1. The smallest absolute Gasteiger partial charge is 0.110 e. The van der Waals surface area contributed by atoms with Crippen molar-refractivity contribution in [3.8, 4) is 0 Å². The highest BCUT2D eigenvalue weighted by atomic mass is 16.5. The average molecular weight is 236 g/mol. The molecule has 0 aromatic heterocycles. The lowest BCUT2D eigenvalue weighted by Crippen LogP contribution is -2.47. The Hall–Kier alpha value is -0.540.